The van der Waals surface area contributed by atoms with Crippen molar-refractivity contribution in [3.63, 3.8) is 0 Å². The fourth-order valence-electron chi connectivity index (χ4n) is 2.00. The van der Waals surface area contributed by atoms with E-state index < -0.39 is 0 Å². The lowest BCUT2D eigenvalue weighted by Gasteiger charge is -2.20. The van der Waals surface area contributed by atoms with E-state index in [0.29, 0.717) is 19.6 Å². The van der Waals surface area contributed by atoms with Gasteiger partial charge < -0.3 is 14.4 Å². The number of hydrogen-bond donors (Lipinski definition) is 0. The molecule has 0 aliphatic carbocycles. The van der Waals surface area contributed by atoms with Crippen molar-refractivity contribution >= 4 is 0 Å². The van der Waals surface area contributed by atoms with Crippen LogP contribution in [0.3, 0.4) is 0 Å². The van der Waals surface area contributed by atoms with Crippen molar-refractivity contribution in [1.29, 1.82) is 5.26 Å². The topological polar surface area (TPSA) is 45.5 Å². The second-order valence-electron chi connectivity index (χ2n) is 4.48. The van der Waals surface area contributed by atoms with Gasteiger partial charge in [-0.15, -0.1) is 0 Å². The molecule has 1 aliphatic heterocycles. The Morgan fingerprint density at radius 2 is 2.06 bits per heavy atom. The number of unbranched alkanes of at least 4 members (excludes halogenated alkanes) is 1. The Bertz CT molecular complexity index is 440. The monoisotopic (exact) mass is 246 g/mol. The number of fused-ring (bicyclic) bond motifs is 1. The summed E-state index contributed by atoms with van der Waals surface area (Å²) in [5.41, 5.74) is 1.21. The molecule has 2 rings (SSSR count). The van der Waals surface area contributed by atoms with Crippen molar-refractivity contribution in [2.75, 3.05) is 26.8 Å². The van der Waals surface area contributed by atoms with E-state index in [4.69, 9.17) is 14.7 Å². The molecule has 0 N–H and O–H groups in total. The molecule has 18 heavy (non-hydrogen) atoms. The second kappa shape index (κ2) is 6.27. The standard InChI is InChI=1S/C14H18N2O2/c1-16(7-3-2-6-15)11-12-4-5-13-14(10-12)18-9-8-17-13/h4-5,10H,2-3,7-9,11H2,1H3. The summed E-state index contributed by atoms with van der Waals surface area (Å²) in [4.78, 5) is 2.21. The van der Waals surface area contributed by atoms with Crippen molar-refractivity contribution in [3.8, 4) is 17.6 Å². The third-order valence-corrected chi connectivity index (χ3v) is 2.89. The van der Waals surface area contributed by atoms with Gasteiger partial charge in [0.05, 0.1) is 6.07 Å². The largest absolute Gasteiger partial charge is 0.486 e. The zero-order chi connectivity index (χ0) is 12.8. The van der Waals surface area contributed by atoms with E-state index in [2.05, 4.69) is 24.1 Å². The van der Waals surface area contributed by atoms with Crippen molar-refractivity contribution in [2.45, 2.75) is 19.4 Å². The summed E-state index contributed by atoms with van der Waals surface area (Å²) in [6, 6.07) is 8.23. The Morgan fingerprint density at radius 1 is 1.28 bits per heavy atom. The lowest BCUT2D eigenvalue weighted by Crippen LogP contribution is -2.20. The third kappa shape index (κ3) is 3.38. The average Bonchev–Trinajstić information content (AvgIpc) is 2.39. The molecule has 0 unspecified atom stereocenters. The minimum atomic E-state index is 0.617. The van der Waals surface area contributed by atoms with Crippen LogP contribution in [0.1, 0.15) is 18.4 Å². The van der Waals surface area contributed by atoms with Gasteiger partial charge in [0.15, 0.2) is 11.5 Å². The van der Waals surface area contributed by atoms with Gasteiger partial charge in [-0.1, -0.05) is 6.07 Å². The summed E-state index contributed by atoms with van der Waals surface area (Å²) >= 11 is 0. The molecule has 0 radical (unpaired) electrons. The molecular formula is C14H18N2O2. The highest BCUT2D eigenvalue weighted by Gasteiger charge is 2.12. The number of nitriles is 1. The number of benzene rings is 1. The SMILES string of the molecule is CN(CCCC#N)Cc1ccc2c(c1)OCCO2. The van der Waals surface area contributed by atoms with E-state index in [1.54, 1.807) is 0 Å². The summed E-state index contributed by atoms with van der Waals surface area (Å²) in [5, 5.41) is 8.50. The first kappa shape index (κ1) is 12.7. The molecule has 4 heteroatoms. The zero-order valence-corrected chi connectivity index (χ0v) is 10.7. The summed E-state index contributed by atoms with van der Waals surface area (Å²) in [7, 11) is 2.06. The van der Waals surface area contributed by atoms with Gasteiger partial charge in [0.25, 0.3) is 0 Å². The van der Waals surface area contributed by atoms with E-state index in [-0.39, 0.29) is 0 Å². The van der Waals surface area contributed by atoms with Crippen molar-refractivity contribution < 1.29 is 9.47 Å². The normalized spacial score (nSPS) is 13.4. The van der Waals surface area contributed by atoms with Gasteiger partial charge in [-0.05, 0) is 37.7 Å². The predicted molar refractivity (Wildman–Crippen MR) is 68.6 cm³/mol. The molecule has 0 fully saturated rings. The van der Waals surface area contributed by atoms with Crippen molar-refractivity contribution in [3.05, 3.63) is 23.8 Å². The van der Waals surface area contributed by atoms with Crippen LogP contribution in [0.5, 0.6) is 11.5 Å². The first-order valence-corrected chi connectivity index (χ1v) is 6.23. The molecule has 0 bridgehead atoms. The maximum absolute atomic E-state index is 8.50. The first-order chi connectivity index (χ1) is 8.79. The van der Waals surface area contributed by atoms with E-state index >= 15 is 0 Å². The Hall–Kier alpha value is -1.73. The van der Waals surface area contributed by atoms with Gasteiger partial charge in [-0.25, -0.2) is 0 Å². The minimum Gasteiger partial charge on any atom is -0.486 e. The van der Waals surface area contributed by atoms with Gasteiger partial charge in [0, 0.05) is 13.0 Å². The van der Waals surface area contributed by atoms with Crippen LogP contribution in [-0.4, -0.2) is 31.7 Å². The van der Waals surface area contributed by atoms with Crippen LogP contribution < -0.4 is 9.47 Å². The van der Waals surface area contributed by atoms with Crippen LogP contribution in [0.25, 0.3) is 0 Å². The highest BCUT2D eigenvalue weighted by Crippen LogP contribution is 2.30. The molecule has 96 valence electrons. The van der Waals surface area contributed by atoms with Gasteiger partial charge in [0.2, 0.25) is 0 Å². The maximum Gasteiger partial charge on any atom is 0.161 e. The highest BCUT2D eigenvalue weighted by molar-refractivity contribution is 5.43. The average molecular weight is 246 g/mol. The third-order valence-electron chi connectivity index (χ3n) is 2.89. The van der Waals surface area contributed by atoms with Gasteiger partial charge in [-0.3, -0.25) is 0 Å². The molecule has 1 heterocycles. The summed E-state index contributed by atoms with van der Waals surface area (Å²) in [6.07, 6.45) is 1.53. The Morgan fingerprint density at radius 3 is 2.83 bits per heavy atom. The van der Waals surface area contributed by atoms with Crippen molar-refractivity contribution in [1.82, 2.24) is 4.90 Å². The Labute approximate surface area is 108 Å². The molecule has 4 nitrogen and oxygen atoms in total. The van der Waals surface area contributed by atoms with E-state index in [1.165, 1.54) is 5.56 Å². The second-order valence-corrected chi connectivity index (χ2v) is 4.48. The van der Waals surface area contributed by atoms with E-state index in [9.17, 15) is 0 Å². The fraction of sp³-hybridized carbons (Fsp3) is 0.500. The van der Waals surface area contributed by atoms with Gasteiger partial charge >= 0.3 is 0 Å². The molecule has 1 aliphatic rings. The highest BCUT2D eigenvalue weighted by atomic mass is 16.6. The van der Waals surface area contributed by atoms with Crippen LogP contribution in [0, 0.1) is 11.3 Å². The molecule has 0 aromatic heterocycles. The number of hydrogen-bond acceptors (Lipinski definition) is 4. The molecule has 0 spiro atoms. The Balaban J connectivity index is 1.91. The van der Waals surface area contributed by atoms with Crippen LogP contribution in [0.15, 0.2) is 18.2 Å². The smallest absolute Gasteiger partial charge is 0.161 e. The van der Waals surface area contributed by atoms with Gasteiger partial charge in [-0.2, -0.15) is 5.26 Å². The zero-order valence-electron chi connectivity index (χ0n) is 10.7. The van der Waals surface area contributed by atoms with Crippen LogP contribution in [0.4, 0.5) is 0 Å². The van der Waals surface area contributed by atoms with Crippen LogP contribution >= 0.6 is 0 Å². The number of nitrogens with zero attached hydrogens (tertiary/aromatic N) is 2. The first-order valence-electron chi connectivity index (χ1n) is 6.23. The van der Waals surface area contributed by atoms with Crippen LogP contribution in [-0.2, 0) is 6.54 Å². The van der Waals surface area contributed by atoms with E-state index in [1.807, 2.05) is 12.1 Å². The summed E-state index contributed by atoms with van der Waals surface area (Å²) in [6.45, 7) is 3.04. The Kier molecular flexibility index (Phi) is 4.43. The van der Waals surface area contributed by atoms with Crippen LogP contribution in [0.2, 0.25) is 0 Å². The molecular weight excluding hydrogens is 228 g/mol. The minimum absolute atomic E-state index is 0.617. The molecule has 1 aromatic carbocycles. The molecule has 0 saturated heterocycles. The molecule has 0 saturated carbocycles. The molecule has 0 amide bonds. The summed E-state index contributed by atoms with van der Waals surface area (Å²) < 4.78 is 11.0. The predicted octanol–water partition coefficient (Wildman–Crippen LogP) is 2.19. The maximum atomic E-state index is 8.50. The summed E-state index contributed by atoms with van der Waals surface area (Å²) in [5.74, 6) is 1.67. The van der Waals surface area contributed by atoms with Gasteiger partial charge in [0.1, 0.15) is 13.2 Å². The number of ether oxygens (including phenoxy) is 2. The quantitative estimate of drug-likeness (QED) is 0.747. The number of rotatable bonds is 5. The molecule has 0 atom stereocenters. The fourth-order valence-corrected chi connectivity index (χ4v) is 2.00. The van der Waals surface area contributed by atoms with E-state index in [0.717, 1.165) is 31.0 Å². The van der Waals surface area contributed by atoms with Crippen molar-refractivity contribution in [2.24, 2.45) is 0 Å². The lowest BCUT2D eigenvalue weighted by atomic mass is 10.2. The lowest BCUT2D eigenvalue weighted by molar-refractivity contribution is 0.171. The molecule has 1 aromatic rings.